The molecule has 0 aliphatic carbocycles. The summed E-state index contributed by atoms with van der Waals surface area (Å²) in [5, 5.41) is 0. The summed E-state index contributed by atoms with van der Waals surface area (Å²) < 4.78 is 0. The molecule has 2 heterocycles. The molecule has 3 aromatic carbocycles. The Bertz CT molecular complexity index is 1240. The van der Waals surface area contributed by atoms with E-state index in [9.17, 15) is 9.59 Å². The second-order valence-electron chi connectivity index (χ2n) is 8.59. The molecule has 5 heteroatoms. The fourth-order valence-electron chi connectivity index (χ4n) is 4.56. The molecule has 166 valence electrons. The van der Waals surface area contributed by atoms with Gasteiger partial charge in [-0.3, -0.25) is 9.59 Å². The Hall–Kier alpha value is -3.31. The van der Waals surface area contributed by atoms with Gasteiger partial charge in [-0.15, -0.1) is 0 Å². The van der Waals surface area contributed by atoms with Crippen LogP contribution in [0.4, 0.5) is 11.4 Å². The van der Waals surface area contributed by atoms with Gasteiger partial charge in [0.05, 0.1) is 16.2 Å². The molecule has 0 radical (unpaired) electrons. The highest BCUT2D eigenvalue weighted by Crippen LogP contribution is 2.42. The monoisotopic (exact) mass is 454 g/mol. The number of anilines is 2. The van der Waals surface area contributed by atoms with E-state index in [-0.39, 0.29) is 11.8 Å². The molecule has 4 nitrogen and oxygen atoms in total. The number of benzene rings is 3. The highest BCUT2D eigenvalue weighted by atomic mass is 32.2. The lowest BCUT2D eigenvalue weighted by Gasteiger charge is -2.20. The van der Waals surface area contributed by atoms with Crippen molar-refractivity contribution in [3.05, 3.63) is 94.4 Å². The molecule has 1 saturated heterocycles. The van der Waals surface area contributed by atoms with Gasteiger partial charge in [-0.05, 0) is 74.2 Å². The van der Waals surface area contributed by atoms with Gasteiger partial charge in [-0.25, -0.2) is 4.90 Å². The molecule has 2 aliphatic heterocycles. The topological polar surface area (TPSA) is 40.6 Å². The van der Waals surface area contributed by atoms with Gasteiger partial charge in [0.2, 0.25) is 0 Å². The summed E-state index contributed by atoms with van der Waals surface area (Å²) in [6, 6.07) is 23.6. The van der Waals surface area contributed by atoms with Crippen LogP contribution >= 0.6 is 11.8 Å². The smallest absolute Gasteiger partial charge is 0.272 e. The fraction of sp³-hybridized carbons (Fsp3) is 0.214. The SMILES string of the molecule is Cc1ccc(C2=C(Sc3ccccc3)C(=O)N(c3ccc(N4CCCC4)cc3)C2=O)c(C)c1. The molecule has 1 fully saturated rings. The molecule has 2 aliphatic rings. The molecule has 33 heavy (non-hydrogen) atoms. The van der Waals surface area contributed by atoms with Crippen LogP contribution in [0.25, 0.3) is 5.57 Å². The summed E-state index contributed by atoms with van der Waals surface area (Å²) in [5.74, 6) is -0.531. The van der Waals surface area contributed by atoms with E-state index in [1.807, 2.05) is 80.6 Å². The van der Waals surface area contributed by atoms with Gasteiger partial charge in [0.1, 0.15) is 0 Å². The van der Waals surface area contributed by atoms with Gasteiger partial charge in [-0.2, -0.15) is 0 Å². The minimum atomic E-state index is -0.266. The van der Waals surface area contributed by atoms with Crippen LogP contribution < -0.4 is 9.80 Å². The lowest BCUT2D eigenvalue weighted by atomic mass is 9.99. The molecule has 0 bridgehead atoms. The van der Waals surface area contributed by atoms with Crippen LogP contribution in [0.5, 0.6) is 0 Å². The van der Waals surface area contributed by atoms with E-state index in [0.717, 1.165) is 40.4 Å². The molecule has 3 aromatic rings. The highest BCUT2D eigenvalue weighted by molar-refractivity contribution is 8.04. The number of thioether (sulfide) groups is 1. The average Bonchev–Trinajstić information content (AvgIpc) is 3.43. The quantitative estimate of drug-likeness (QED) is 0.445. The molecular weight excluding hydrogens is 428 g/mol. The number of nitrogens with zero attached hydrogens (tertiary/aromatic N) is 2. The second kappa shape index (κ2) is 8.91. The van der Waals surface area contributed by atoms with Gasteiger partial charge in [0, 0.05) is 23.7 Å². The zero-order valence-corrected chi connectivity index (χ0v) is 19.7. The second-order valence-corrected chi connectivity index (χ2v) is 9.68. The fourth-order valence-corrected chi connectivity index (χ4v) is 5.57. The Balaban J connectivity index is 1.55. The van der Waals surface area contributed by atoms with Crippen LogP contribution in [-0.2, 0) is 9.59 Å². The maximum Gasteiger partial charge on any atom is 0.272 e. The van der Waals surface area contributed by atoms with Crippen LogP contribution in [0.15, 0.2) is 82.6 Å². The van der Waals surface area contributed by atoms with Crippen molar-refractivity contribution < 1.29 is 9.59 Å². The van der Waals surface area contributed by atoms with E-state index in [0.29, 0.717) is 16.2 Å². The first-order chi connectivity index (χ1) is 16.0. The first-order valence-electron chi connectivity index (χ1n) is 11.3. The Morgan fingerprint density at radius 1 is 0.758 bits per heavy atom. The molecule has 0 atom stereocenters. The number of aryl methyl sites for hydroxylation is 2. The predicted molar refractivity (Wildman–Crippen MR) is 136 cm³/mol. The van der Waals surface area contributed by atoms with Crippen molar-refractivity contribution >= 4 is 40.5 Å². The molecule has 2 amide bonds. The van der Waals surface area contributed by atoms with Gasteiger partial charge in [-0.1, -0.05) is 53.7 Å². The van der Waals surface area contributed by atoms with Crippen molar-refractivity contribution in [2.45, 2.75) is 31.6 Å². The zero-order valence-electron chi connectivity index (χ0n) is 18.9. The van der Waals surface area contributed by atoms with E-state index < -0.39 is 0 Å². The van der Waals surface area contributed by atoms with Crippen LogP contribution in [0.1, 0.15) is 29.5 Å². The Morgan fingerprint density at radius 3 is 2.09 bits per heavy atom. The number of amides is 2. The maximum atomic E-state index is 13.7. The van der Waals surface area contributed by atoms with Gasteiger partial charge < -0.3 is 4.90 Å². The van der Waals surface area contributed by atoms with E-state index in [1.165, 1.54) is 29.5 Å². The number of hydrogen-bond donors (Lipinski definition) is 0. The lowest BCUT2D eigenvalue weighted by Crippen LogP contribution is -2.31. The number of imide groups is 1. The van der Waals surface area contributed by atoms with Gasteiger partial charge in [0.15, 0.2) is 0 Å². The van der Waals surface area contributed by atoms with Crippen molar-refractivity contribution in [1.29, 1.82) is 0 Å². The number of carbonyl (C=O) groups excluding carboxylic acids is 2. The number of rotatable bonds is 5. The number of hydrogen-bond acceptors (Lipinski definition) is 4. The molecule has 5 rings (SSSR count). The van der Waals surface area contributed by atoms with Gasteiger partial charge >= 0.3 is 0 Å². The number of carbonyl (C=O) groups is 2. The van der Waals surface area contributed by atoms with Crippen molar-refractivity contribution in [2.24, 2.45) is 0 Å². The summed E-state index contributed by atoms with van der Waals surface area (Å²) in [6.07, 6.45) is 2.40. The van der Waals surface area contributed by atoms with Crippen molar-refractivity contribution in [3.8, 4) is 0 Å². The summed E-state index contributed by atoms with van der Waals surface area (Å²) in [5.41, 5.74) is 5.16. The minimum Gasteiger partial charge on any atom is -0.372 e. The molecule has 0 aromatic heterocycles. The molecule has 0 N–H and O–H groups in total. The summed E-state index contributed by atoms with van der Waals surface area (Å²) >= 11 is 1.36. The van der Waals surface area contributed by atoms with Crippen LogP contribution in [-0.4, -0.2) is 24.9 Å². The summed E-state index contributed by atoms with van der Waals surface area (Å²) in [7, 11) is 0. The standard InChI is InChI=1S/C28H26N2O2S/c1-19-10-15-24(20(2)18-19)25-26(33-23-8-4-3-5-9-23)28(32)30(27(25)31)22-13-11-21(12-14-22)29-16-6-7-17-29/h3-5,8-15,18H,6-7,16-17H2,1-2H3. The van der Waals surface area contributed by atoms with E-state index in [1.54, 1.807) is 0 Å². The average molecular weight is 455 g/mol. The molecule has 0 saturated carbocycles. The largest absolute Gasteiger partial charge is 0.372 e. The van der Waals surface area contributed by atoms with Crippen molar-refractivity contribution in [3.63, 3.8) is 0 Å². The van der Waals surface area contributed by atoms with Crippen molar-refractivity contribution in [1.82, 2.24) is 0 Å². The molecule has 0 spiro atoms. The Morgan fingerprint density at radius 2 is 1.42 bits per heavy atom. The predicted octanol–water partition coefficient (Wildman–Crippen LogP) is 5.98. The van der Waals surface area contributed by atoms with E-state index in [4.69, 9.17) is 0 Å². The molecule has 0 unspecified atom stereocenters. The van der Waals surface area contributed by atoms with Gasteiger partial charge in [0.25, 0.3) is 11.8 Å². The normalized spacial score (nSPS) is 16.3. The van der Waals surface area contributed by atoms with Crippen LogP contribution in [0.2, 0.25) is 0 Å². The first-order valence-corrected chi connectivity index (χ1v) is 12.1. The van der Waals surface area contributed by atoms with Crippen LogP contribution in [0.3, 0.4) is 0 Å². The zero-order chi connectivity index (χ0) is 22.9. The third kappa shape index (κ3) is 4.09. The first kappa shape index (κ1) is 21.5. The lowest BCUT2D eigenvalue weighted by molar-refractivity contribution is -0.119. The molecular formula is C28H26N2O2S. The van der Waals surface area contributed by atoms with Crippen molar-refractivity contribution in [2.75, 3.05) is 22.9 Å². The summed E-state index contributed by atoms with van der Waals surface area (Å²) in [6.45, 7) is 6.13. The maximum absolute atomic E-state index is 13.7. The van der Waals surface area contributed by atoms with E-state index in [2.05, 4.69) is 11.0 Å². The Kier molecular flexibility index (Phi) is 5.81. The van der Waals surface area contributed by atoms with E-state index >= 15 is 0 Å². The Labute approximate surface area is 198 Å². The van der Waals surface area contributed by atoms with Crippen LogP contribution in [0, 0.1) is 13.8 Å². The third-order valence-corrected chi connectivity index (χ3v) is 7.33. The summed E-state index contributed by atoms with van der Waals surface area (Å²) in [4.78, 5) is 32.4. The third-order valence-electron chi connectivity index (χ3n) is 6.23. The minimum absolute atomic E-state index is 0.265. The highest BCUT2D eigenvalue weighted by Gasteiger charge is 2.41.